The first-order valence-corrected chi connectivity index (χ1v) is 7.97. The summed E-state index contributed by atoms with van der Waals surface area (Å²) < 4.78 is 0. The molecule has 3 nitrogen and oxygen atoms in total. The molecule has 1 aromatic heterocycles. The summed E-state index contributed by atoms with van der Waals surface area (Å²) in [6.07, 6.45) is 2.65. The molecule has 0 bridgehead atoms. The van der Waals surface area contributed by atoms with Crippen LogP contribution in [0.4, 0.5) is 0 Å². The molecule has 0 saturated heterocycles. The van der Waals surface area contributed by atoms with Crippen molar-refractivity contribution in [2.45, 2.75) is 26.8 Å². The quantitative estimate of drug-likeness (QED) is 0.759. The summed E-state index contributed by atoms with van der Waals surface area (Å²) in [6.45, 7) is 5.28. The van der Waals surface area contributed by atoms with Crippen LogP contribution in [0.3, 0.4) is 0 Å². The van der Waals surface area contributed by atoms with Crippen molar-refractivity contribution in [3.63, 3.8) is 0 Å². The Morgan fingerprint density at radius 2 is 1.91 bits per heavy atom. The molecule has 3 rings (SSSR count). The van der Waals surface area contributed by atoms with E-state index in [0.717, 1.165) is 35.3 Å². The molecule has 116 valence electrons. The fraction of sp³-hybridized carbons (Fsp3) is 0.300. The lowest BCUT2D eigenvalue weighted by Crippen LogP contribution is -2.38. The van der Waals surface area contributed by atoms with E-state index < -0.39 is 0 Å². The van der Waals surface area contributed by atoms with E-state index in [2.05, 4.69) is 22.9 Å². The maximum absolute atomic E-state index is 12.2. The Morgan fingerprint density at radius 1 is 1.17 bits per heavy atom. The molecule has 0 aliphatic carbocycles. The lowest BCUT2D eigenvalue weighted by atomic mass is 10.0. The molecule has 0 radical (unpaired) electrons. The van der Waals surface area contributed by atoms with Crippen LogP contribution < -0.4 is 0 Å². The summed E-state index contributed by atoms with van der Waals surface area (Å²) in [5.41, 5.74) is 4.08. The number of carbonyl (C=O) groups excluding carboxylic acids is 1. The van der Waals surface area contributed by atoms with E-state index in [-0.39, 0.29) is 11.8 Å². The van der Waals surface area contributed by atoms with E-state index in [4.69, 9.17) is 0 Å². The van der Waals surface area contributed by atoms with Gasteiger partial charge in [0.05, 0.1) is 0 Å². The number of rotatable bonds is 1. The lowest BCUT2D eigenvalue weighted by molar-refractivity contribution is -0.135. The molecule has 23 heavy (non-hydrogen) atoms. The van der Waals surface area contributed by atoms with Crippen LogP contribution in [0, 0.1) is 17.8 Å². The molecule has 0 spiro atoms. The second kappa shape index (κ2) is 6.66. The Hall–Kier alpha value is -2.60. The zero-order chi connectivity index (χ0) is 16.2. The molecule has 2 aromatic rings. The molecule has 1 aliphatic rings. The predicted octanol–water partition coefficient (Wildman–Crippen LogP) is 3.02. The van der Waals surface area contributed by atoms with Crippen molar-refractivity contribution in [2.24, 2.45) is 5.92 Å². The molecule has 1 amide bonds. The highest BCUT2D eigenvalue weighted by atomic mass is 16.2. The zero-order valence-corrected chi connectivity index (χ0v) is 13.5. The molecular weight excluding hydrogens is 284 g/mol. The van der Waals surface area contributed by atoms with Gasteiger partial charge in [0.15, 0.2) is 0 Å². The molecule has 0 atom stereocenters. The highest BCUT2D eigenvalue weighted by molar-refractivity contribution is 5.78. The molecule has 1 aromatic carbocycles. The Kier molecular flexibility index (Phi) is 4.43. The second-order valence-electron chi connectivity index (χ2n) is 6.11. The van der Waals surface area contributed by atoms with Crippen molar-refractivity contribution in [1.29, 1.82) is 0 Å². The van der Waals surface area contributed by atoms with Gasteiger partial charge in [0.1, 0.15) is 0 Å². The van der Waals surface area contributed by atoms with Gasteiger partial charge in [-0.3, -0.25) is 9.78 Å². The minimum absolute atomic E-state index is 0.0329. The minimum atomic E-state index is 0.0329. The summed E-state index contributed by atoms with van der Waals surface area (Å²) in [6, 6.07) is 12.0. The lowest BCUT2D eigenvalue weighted by Gasteiger charge is -2.29. The van der Waals surface area contributed by atoms with Crippen molar-refractivity contribution in [3.8, 4) is 11.8 Å². The summed E-state index contributed by atoms with van der Waals surface area (Å²) in [5, 5.41) is 0. The normalized spacial score (nSPS) is 13.3. The van der Waals surface area contributed by atoms with Crippen LogP contribution in [-0.2, 0) is 17.8 Å². The molecule has 2 heterocycles. The van der Waals surface area contributed by atoms with Gasteiger partial charge in [-0.1, -0.05) is 43.9 Å². The smallest absolute Gasteiger partial charge is 0.225 e. The molecule has 0 saturated carbocycles. The first-order chi connectivity index (χ1) is 11.1. The fourth-order valence-corrected chi connectivity index (χ4v) is 2.71. The van der Waals surface area contributed by atoms with Crippen LogP contribution in [0.15, 0.2) is 42.6 Å². The van der Waals surface area contributed by atoms with Crippen LogP contribution in [-0.4, -0.2) is 22.3 Å². The van der Waals surface area contributed by atoms with Crippen molar-refractivity contribution < 1.29 is 4.79 Å². The maximum atomic E-state index is 12.2. The van der Waals surface area contributed by atoms with Crippen LogP contribution in [0.25, 0.3) is 0 Å². The standard InChI is InChI=1S/C20H20N2O/c1-15(2)20(23)22-11-10-19-18(14-22)12-17(13-21-19)9-8-16-6-4-3-5-7-16/h3-7,12-13,15H,10-11,14H2,1-2H3. The third kappa shape index (κ3) is 3.60. The average Bonchev–Trinajstić information content (AvgIpc) is 2.59. The largest absolute Gasteiger partial charge is 0.338 e. The third-order valence-electron chi connectivity index (χ3n) is 3.97. The van der Waals surface area contributed by atoms with E-state index in [9.17, 15) is 4.79 Å². The highest BCUT2D eigenvalue weighted by Gasteiger charge is 2.23. The number of hydrogen-bond donors (Lipinski definition) is 0. The van der Waals surface area contributed by atoms with Crippen LogP contribution in [0.1, 0.15) is 36.2 Å². The van der Waals surface area contributed by atoms with Crippen molar-refractivity contribution >= 4 is 5.91 Å². The fourth-order valence-electron chi connectivity index (χ4n) is 2.71. The molecule has 0 N–H and O–H groups in total. The minimum Gasteiger partial charge on any atom is -0.338 e. The Balaban J connectivity index is 1.81. The number of aromatic nitrogens is 1. The zero-order valence-electron chi connectivity index (χ0n) is 13.5. The van der Waals surface area contributed by atoms with Gasteiger partial charge in [-0.05, 0) is 23.8 Å². The number of nitrogens with zero attached hydrogens (tertiary/aromatic N) is 2. The first-order valence-electron chi connectivity index (χ1n) is 7.97. The van der Waals surface area contributed by atoms with E-state index in [0.29, 0.717) is 6.54 Å². The van der Waals surface area contributed by atoms with Crippen LogP contribution in [0.5, 0.6) is 0 Å². The van der Waals surface area contributed by atoms with Gasteiger partial charge in [-0.2, -0.15) is 0 Å². The van der Waals surface area contributed by atoms with E-state index in [1.54, 1.807) is 0 Å². The summed E-state index contributed by atoms with van der Waals surface area (Å²) in [5.74, 6) is 6.55. The maximum Gasteiger partial charge on any atom is 0.225 e. The van der Waals surface area contributed by atoms with Gasteiger partial charge >= 0.3 is 0 Å². The summed E-state index contributed by atoms with van der Waals surface area (Å²) >= 11 is 0. The van der Waals surface area contributed by atoms with E-state index in [1.807, 2.05) is 55.3 Å². The van der Waals surface area contributed by atoms with Gasteiger partial charge in [-0.15, -0.1) is 0 Å². The number of carbonyl (C=O) groups is 1. The Morgan fingerprint density at radius 3 is 2.65 bits per heavy atom. The van der Waals surface area contributed by atoms with Crippen LogP contribution in [0.2, 0.25) is 0 Å². The Bertz CT molecular complexity index is 769. The van der Waals surface area contributed by atoms with Crippen molar-refractivity contribution in [2.75, 3.05) is 6.54 Å². The van der Waals surface area contributed by atoms with Gasteiger partial charge in [0.2, 0.25) is 5.91 Å². The molecule has 1 aliphatic heterocycles. The topological polar surface area (TPSA) is 33.2 Å². The molecule has 0 fully saturated rings. The molecular formula is C20H20N2O. The second-order valence-corrected chi connectivity index (χ2v) is 6.11. The number of hydrogen-bond acceptors (Lipinski definition) is 2. The van der Waals surface area contributed by atoms with Crippen molar-refractivity contribution in [1.82, 2.24) is 9.88 Å². The number of benzene rings is 1. The highest BCUT2D eigenvalue weighted by Crippen LogP contribution is 2.19. The summed E-state index contributed by atoms with van der Waals surface area (Å²) in [4.78, 5) is 18.6. The van der Waals surface area contributed by atoms with Gasteiger partial charge in [0.25, 0.3) is 0 Å². The number of pyridine rings is 1. The average molecular weight is 304 g/mol. The number of fused-ring (bicyclic) bond motifs is 1. The van der Waals surface area contributed by atoms with Crippen LogP contribution >= 0.6 is 0 Å². The monoisotopic (exact) mass is 304 g/mol. The molecule has 3 heteroatoms. The SMILES string of the molecule is CC(C)C(=O)N1CCc2ncc(C#Cc3ccccc3)cc2C1. The first kappa shape index (κ1) is 15.3. The van der Waals surface area contributed by atoms with E-state index >= 15 is 0 Å². The molecule has 0 unspecified atom stereocenters. The van der Waals surface area contributed by atoms with Gasteiger partial charge in [0, 0.05) is 48.4 Å². The number of amides is 1. The predicted molar refractivity (Wildman–Crippen MR) is 90.6 cm³/mol. The van der Waals surface area contributed by atoms with Gasteiger partial charge in [-0.25, -0.2) is 0 Å². The Labute approximate surface area is 137 Å². The van der Waals surface area contributed by atoms with Crippen molar-refractivity contribution in [3.05, 3.63) is 65.0 Å². The third-order valence-corrected chi connectivity index (χ3v) is 3.97. The summed E-state index contributed by atoms with van der Waals surface area (Å²) in [7, 11) is 0. The van der Waals surface area contributed by atoms with E-state index in [1.165, 1.54) is 0 Å². The van der Waals surface area contributed by atoms with Gasteiger partial charge < -0.3 is 4.90 Å².